The van der Waals surface area contributed by atoms with E-state index in [0.29, 0.717) is 6.54 Å². The molecule has 4 heteroatoms. The smallest absolute Gasteiger partial charge is 0.212 e. The average Bonchev–Trinajstić information content (AvgIpc) is 2.84. The van der Waals surface area contributed by atoms with Gasteiger partial charge in [0.2, 0.25) is 10.0 Å². The molecule has 2 aliphatic rings. The van der Waals surface area contributed by atoms with Gasteiger partial charge in [-0.2, -0.15) is 4.31 Å². The minimum absolute atomic E-state index is 0.123. The second-order valence-electron chi connectivity index (χ2n) is 5.33. The lowest BCUT2D eigenvalue weighted by Gasteiger charge is -2.26. The van der Waals surface area contributed by atoms with Crippen LogP contribution in [0.3, 0.4) is 0 Å². The van der Waals surface area contributed by atoms with Crippen LogP contribution < -0.4 is 0 Å². The Hall–Kier alpha value is -1.13. The predicted molar refractivity (Wildman–Crippen MR) is 76.1 cm³/mol. The molecule has 1 aromatic carbocycles. The normalized spacial score (nSPS) is 24.0. The molecule has 102 valence electrons. The molecule has 3 nitrogen and oxygen atoms in total. The van der Waals surface area contributed by atoms with Crippen molar-refractivity contribution in [3.63, 3.8) is 0 Å². The van der Waals surface area contributed by atoms with Gasteiger partial charge in [0.05, 0.1) is 5.75 Å². The molecular formula is C15H19NO2S. The number of hydrogen-bond donors (Lipinski definition) is 0. The molecule has 1 aromatic rings. The Balaban J connectivity index is 1.81. The lowest BCUT2D eigenvalue weighted by atomic mass is 9.96. The van der Waals surface area contributed by atoms with E-state index in [0.717, 1.165) is 31.2 Å². The molecule has 1 saturated heterocycles. The Labute approximate surface area is 115 Å². The summed E-state index contributed by atoms with van der Waals surface area (Å²) < 4.78 is 26.8. The van der Waals surface area contributed by atoms with E-state index in [1.165, 1.54) is 5.57 Å². The monoisotopic (exact) mass is 277 g/mol. The molecule has 19 heavy (non-hydrogen) atoms. The maximum absolute atomic E-state index is 12.6. The van der Waals surface area contributed by atoms with Gasteiger partial charge in [0.25, 0.3) is 0 Å². The minimum atomic E-state index is -3.19. The number of sulfonamides is 1. The maximum Gasteiger partial charge on any atom is 0.218 e. The number of nitrogens with zero attached hydrogens (tertiary/aromatic N) is 1. The number of rotatable bonds is 3. The molecule has 0 amide bonds. The van der Waals surface area contributed by atoms with E-state index in [1.54, 1.807) is 4.31 Å². The Kier molecular flexibility index (Phi) is 3.46. The van der Waals surface area contributed by atoms with Crippen LogP contribution in [0.5, 0.6) is 0 Å². The molecule has 0 radical (unpaired) electrons. The molecule has 1 unspecified atom stereocenters. The summed E-state index contributed by atoms with van der Waals surface area (Å²) in [5.41, 5.74) is 2.21. The summed E-state index contributed by atoms with van der Waals surface area (Å²) in [6, 6.07) is 9.59. The van der Waals surface area contributed by atoms with E-state index in [4.69, 9.17) is 0 Å². The summed E-state index contributed by atoms with van der Waals surface area (Å²) in [5.74, 6) is 0.123. The lowest BCUT2D eigenvalue weighted by Crippen LogP contribution is -2.37. The number of allylic oxidation sites excluding steroid dienone is 1. The second kappa shape index (κ2) is 5.10. The van der Waals surface area contributed by atoms with Gasteiger partial charge in [-0.25, -0.2) is 8.42 Å². The minimum Gasteiger partial charge on any atom is -0.212 e. The summed E-state index contributed by atoms with van der Waals surface area (Å²) in [6.45, 7) is 0.658. The highest BCUT2D eigenvalue weighted by atomic mass is 32.2. The van der Waals surface area contributed by atoms with Crippen molar-refractivity contribution >= 4 is 10.0 Å². The van der Waals surface area contributed by atoms with Gasteiger partial charge in [-0.1, -0.05) is 42.0 Å². The molecule has 0 aromatic heterocycles. The van der Waals surface area contributed by atoms with Crippen LogP contribution in [0.15, 0.2) is 42.0 Å². The fraction of sp³-hybridized carbons (Fsp3) is 0.467. The van der Waals surface area contributed by atoms with Crippen molar-refractivity contribution in [1.82, 2.24) is 4.31 Å². The highest BCUT2D eigenvalue weighted by Gasteiger charge is 2.37. The molecule has 1 atom stereocenters. The van der Waals surface area contributed by atoms with Crippen molar-refractivity contribution in [3.8, 4) is 0 Å². The third-order valence-electron chi connectivity index (χ3n) is 4.03. The van der Waals surface area contributed by atoms with Gasteiger partial charge >= 0.3 is 0 Å². The SMILES string of the molecule is O=S(=O)(Cc1ccccc1)N1CCC2=CCCCC21. The Morgan fingerprint density at radius 3 is 2.79 bits per heavy atom. The molecule has 1 aliphatic carbocycles. The molecule has 0 saturated carbocycles. The van der Waals surface area contributed by atoms with E-state index in [9.17, 15) is 8.42 Å². The van der Waals surface area contributed by atoms with Gasteiger partial charge in [-0.05, 0) is 31.2 Å². The number of benzene rings is 1. The van der Waals surface area contributed by atoms with Gasteiger partial charge in [0.1, 0.15) is 0 Å². The Morgan fingerprint density at radius 2 is 2.00 bits per heavy atom. The van der Waals surface area contributed by atoms with E-state index in [2.05, 4.69) is 6.08 Å². The first-order chi connectivity index (χ1) is 9.17. The molecule has 0 bridgehead atoms. The molecular weight excluding hydrogens is 258 g/mol. The van der Waals surface area contributed by atoms with Gasteiger partial charge in [0, 0.05) is 12.6 Å². The quantitative estimate of drug-likeness (QED) is 0.797. The van der Waals surface area contributed by atoms with Crippen LogP contribution in [-0.4, -0.2) is 25.3 Å². The third-order valence-corrected chi connectivity index (χ3v) is 5.88. The predicted octanol–water partition coefficient (Wildman–Crippen LogP) is 2.70. The van der Waals surface area contributed by atoms with Crippen molar-refractivity contribution in [2.45, 2.75) is 37.5 Å². The topological polar surface area (TPSA) is 37.4 Å². The summed E-state index contributed by atoms with van der Waals surface area (Å²) in [7, 11) is -3.19. The summed E-state index contributed by atoms with van der Waals surface area (Å²) in [5, 5.41) is 0. The zero-order chi connectivity index (χ0) is 13.3. The molecule has 0 N–H and O–H groups in total. The summed E-state index contributed by atoms with van der Waals surface area (Å²) >= 11 is 0. The van der Waals surface area contributed by atoms with E-state index < -0.39 is 10.0 Å². The van der Waals surface area contributed by atoms with Gasteiger partial charge in [-0.3, -0.25) is 0 Å². The Bertz CT molecular complexity index is 577. The molecule has 1 fully saturated rings. The van der Waals surface area contributed by atoms with Crippen LogP contribution in [0.2, 0.25) is 0 Å². The van der Waals surface area contributed by atoms with Gasteiger partial charge in [0.15, 0.2) is 0 Å². The highest BCUT2D eigenvalue weighted by Crippen LogP contribution is 2.34. The van der Waals surface area contributed by atoms with E-state index in [1.807, 2.05) is 30.3 Å². The van der Waals surface area contributed by atoms with Gasteiger partial charge < -0.3 is 0 Å². The number of fused-ring (bicyclic) bond motifs is 1. The van der Waals surface area contributed by atoms with E-state index in [-0.39, 0.29) is 11.8 Å². The largest absolute Gasteiger partial charge is 0.218 e. The van der Waals surface area contributed by atoms with Crippen LogP contribution in [0, 0.1) is 0 Å². The van der Waals surface area contributed by atoms with Crippen LogP contribution in [0.1, 0.15) is 31.2 Å². The van der Waals surface area contributed by atoms with Crippen LogP contribution >= 0.6 is 0 Å². The first kappa shape index (κ1) is 12.9. The number of hydrogen-bond acceptors (Lipinski definition) is 2. The van der Waals surface area contributed by atoms with Crippen molar-refractivity contribution in [2.24, 2.45) is 0 Å². The van der Waals surface area contributed by atoms with Crippen LogP contribution in [-0.2, 0) is 15.8 Å². The van der Waals surface area contributed by atoms with Crippen LogP contribution in [0.25, 0.3) is 0 Å². The fourth-order valence-corrected chi connectivity index (χ4v) is 4.89. The Morgan fingerprint density at radius 1 is 1.21 bits per heavy atom. The van der Waals surface area contributed by atoms with Crippen molar-refractivity contribution in [1.29, 1.82) is 0 Å². The third kappa shape index (κ3) is 2.60. The van der Waals surface area contributed by atoms with Crippen LogP contribution in [0.4, 0.5) is 0 Å². The zero-order valence-corrected chi connectivity index (χ0v) is 11.8. The summed E-state index contributed by atoms with van der Waals surface area (Å²) in [4.78, 5) is 0. The average molecular weight is 277 g/mol. The zero-order valence-electron chi connectivity index (χ0n) is 11.0. The first-order valence-electron chi connectivity index (χ1n) is 6.89. The standard InChI is InChI=1S/C15H19NO2S/c17-19(18,12-13-6-2-1-3-7-13)16-11-10-14-8-4-5-9-15(14)16/h1-3,6-8,15H,4-5,9-12H2. The fourth-order valence-electron chi connectivity index (χ4n) is 3.11. The molecule has 3 rings (SSSR count). The van der Waals surface area contributed by atoms with Gasteiger partial charge in [-0.15, -0.1) is 0 Å². The van der Waals surface area contributed by atoms with E-state index >= 15 is 0 Å². The highest BCUT2D eigenvalue weighted by molar-refractivity contribution is 7.88. The lowest BCUT2D eigenvalue weighted by molar-refractivity contribution is 0.379. The molecule has 1 aliphatic heterocycles. The maximum atomic E-state index is 12.6. The van der Waals surface area contributed by atoms with Crippen molar-refractivity contribution < 1.29 is 8.42 Å². The second-order valence-corrected chi connectivity index (χ2v) is 7.25. The molecule has 0 spiro atoms. The molecule has 1 heterocycles. The van der Waals surface area contributed by atoms with Crippen molar-refractivity contribution in [2.75, 3.05) is 6.54 Å². The first-order valence-corrected chi connectivity index (χ1v) is 8.50. The summed E-state index contributed by atoms with van der Waals surface area (Å²) in [6.07, 6.45) is 6.36. The van der Waals surface area contributed by atoms with Crippen molar-refractivity contribution in [3.05, 3.63) is 47.5 Å².